The molecule has 0 fully saturated rings. The zero-order chi connectivity index (χ0) is 8.39. The van der Waals surface area contributed by atoms with Crippen molar-refractivity contribution >= 4 is 11.3 Å². The Morgan fingerprint density at radius 1 is 1.50 bits per heavy atom. The van der Waals surface area contributed by atoms with E-state index < -0.39 is 0 Å². The lowest BCUT2D eigenvalue weighted by Gasteiger charge is -1.87. The number of rotatable bonds is 2. The Labute approximate surface area is 74.1 Å². The fourth-order valence-electron chi connectivity index (χ4n) is 0.962. The summed E-state index contributed by atoms with van der Waals surface area (Å²) in [7, 11) is 0. The van der Waals surface area contributed by atoms with E-state index in [1.54, 1.807) is 17.5 Å². The molecule has 2 heterocycles. The molecule has 0 saturated carbocycles. The minimum atomic E-state index is 0.749. The summed E-state index contributed by atoms with van der Waals surface area (Å²) in [6, 6.07) is 0. The molecule has 2 rings (SSSR count). The molecule has 0 atom stereocenters. The first-order valence-corrected chi connectivity index (χ1v) is 4.45. The highest BCUT2D eigenvalue weighted by molar-refractivity contribution is 7.11. The normalized spacial score (nSPS) is 10.4. The average Bonchev–Trinajstić information content (AvgIpc) is 2.63. The molecule has 0 saturated heterocycles. The molecule has 0 spiro atoms. The van der Waals surface area contributed by atoms with Crippen molar-refractivity contribution in [3.63, 3.8) is 0 Å². The second kappa shape index (κ2) is 3.06. The van der Waals surface area contributed by atoms with Gasteiger partial charge < -0.3 is 4.42 Å². The zero-order valence-corrected chi connectivity index (χ0v) is 7.47. The lowest BCUT2D eigenvalue weighted by atomic mass is 10.4. The Morgan fingerprint density at radius 3 is 3.00 bits per heavy atom. The highest BCUT2D eigenvalue weighted by Crippen LogP contribution is 2.14. The predicted molar refractivity (Wildman–Crippen MR) is 46.2 cm³/mol. The third-order valence-electron chi connectivity index (χ3n) is 1.48. The maximum Gasteiger partial charge on any atom is 0.180 e. The Balaban J connectivity index is 2.14. The molecule has 4 heteroatoms. The summed E-state index contributed by atoms with van der Waals surface area (Å²) in [6.07, 6.45) is 5.78. The van der Waals surface area contributed by atoms with Crippen LogP contribution in [0.2, 0.25) is 0 Å². The monoisotopic (exact) mass is 180 g/mol. The van der Waals surface area contributed by atoms with E-state index in [-0.39, 0.29) is 0 Å². The molecule has 0 aliphatic carbocycles. The maximum absolute atomic E-state index is 5.10. The number of oxazole rings is 1. The van der Waals surface area contributed by atoms with Crippen LogP contribution in [-0.2, 0) is 6.42 Å². The van der Waals surface area contributed by atoms with Crippen LogP contribution in [0.4, 0.5) is 0 Å². The Morgan fingerprint density at radius 2 is 2.42 bits per heavy atom. The highest BCUT2D eigenvalue weighted by atomic mass is 32.1. The van der Waals surface area contributed by atoms with Crippen molar-refractivity contribution in [2.75, 3.05) is 0 Å². The van der Waals surface area contributed by atoms with Crippen LogP contribution in [-0.4, -0.2) is 9.97 Å². The van der Waals surface area contributed by atoms with Crippen LogP contribution in [0.5, 0.6) is 0 Å². The van der Waals surface area contributed by atoms with Gasteiger partial charge in [-0.1, -0.05) is 0 Å². The first-order valence-electron chi connectivity index (χ1n) is 3.63. The van der Waals surface area contributed by atoms with Crippen molar-refractivity contribution in [1.29, 1.82) is 0 Å². The summed E-state index contributed by atoms with van der Waals surface area (Å²) >= 11 is 1.69. The zero-order valence-electron chi connectivity index (χ0n) is 6.65. The van der Waals surface area contributed by atoms with E-state index >= 15 is 0 Å². The first kappa shape index (κ1) is 7.49. The third kappa shape index (κ3) is 1.53. The molecule has 0 unspecified atom stereocenters. The fourth-order valence-corrected chi connectivity index (χ4v) is 1.76. The van der Waals surface area contributed by atoms with Crippen LogP contribution in [0.3, 0.4) is 0 Å². The molecular weight excluding hydrogens is 172 g/mol. The Bertz CT molecular complexity index is 353. The summed E-state index contributed by atoms with van der Waals surface area (Å²) in [4.78, 5) is 9.28. The van der Waals surface area contributed by atoms with Gasteiger partial charge in [0.25, 0.3) is 0 Å². The van der Waals surface area contributed by atoms with Gasteiger partial charge in [-0.05, 0) is 6.92 Å². The molecule has 0 radical (unpaired) electrons. The first-order chi connectivity index (χ1) is 5.84. The maximum atomic E-state index is 5.10. The van der Waals surface area contributed by atoms with Gasteiger partial charge in [0.15, 0.2) is 6.39 Å². The number of nitrogens with zero attached hydrogens (tertiary/aromatic N) is 2. The fraction of sp³-hybridized carbons (Fsp3) is 0.250. The summed E-state index contributed by atoms with van der Waals surface area (Å²) in [6.45, 7) is 2.04. The van der Waals surface area contributed by atoms with E-state index in [1.165, 1.54) is 11.3 Å². The van der Waals surface area contributed by atoms with E-state index in [1.807, 2.05) is 13.1 Å². The van der Waals surface area contributed by atoms with Gasteiger partial charge in [0.05, 0.1) is 12.6 Å². The lowest BCUT2D eigenvalue weighted by molar-refractivity contribution is 0.514. The molecule has 0 bridgehead atoms. The van der Waals surface area contributed by atoms with E-state index in [2.05, 4.69) is 9.97 Å². The van der Waals surface area contributed by atoms with Gasteiger partial charge in [0.2, 0.25) is 0 Å². The standard InChI is InChI=1S/C8H8N2OS/c1-6-3-10-8(12-6)2-7-4-9-5-11-7/h3-5H,2H2,1H3. The summed E-state index contributed by atoms with van der Waals surface area (Å²) in [5.74, 6) is 0.865. The van der Waals surface area contributed by atoms with E-state index in [9.17, 15) is 0 Å². The van der Waals surface area contributed by atoms with Gasteiger partial charge in [-0.15, -0.1) is 11.3 Å². The van der Waals surface area contributed by atoms with Crippen molar-refractivity contribution < 1.29 is 4.42 Å². The van der Waals surface area contributed by atoms with Gasteiger partial charge in [0.1, 0.15) is 10.8 Å². The summed E-state index contributed by atoms with van der Waals surface area (Å²) < 4.78 is 5.10. The van der Waals surface area contributed by atoms with Crippen LogP contribution in [0, 0.1) is 6.92 Å². The lowest BCUT2D eigenvalue weighted by Crippen LogP contribution is -1.82. The SMILES string of the molecule is Cc1cnc(Cc2cnco2)s1. The molecule has 2 aromatic heterocycles. The summed E-state index contributed by atoms with van der Waals surface area (Å²) in [5, 5.41) is 1.07. The van der Waals surface area contributed by atoms with Crippen LogP contribution in [0.1, 0.15) is 15.6 Å². The molecule has 0 aromatic carbocycles. The highest BCUT2D eigenvalue weighted by Gasteiger charge is 2.02. The van der Waals surface area contributed by atoms with Crippen LogP contribution in [0.25, 0.3) is 0 Å². The second-order valence-corrected chi connectivity index (χ2v) is 3.83. The van der Waals surface area contributed by atoms with E-state index in [0.717, 1.165) is 17.2 Å². The van der Waals surface area contributed by atoms with Gasteiger partial charge >= 0.3 is 0 Å². The van der Waals surface area contributed by atoms with Crippen LogP contribution >= 0.6 is 11.3 Å². The topological polar surface area (TPSA) is 38.9 Å². The molecular formula is C8H8N2OS. The van der Waals surface area contributed by atoms with Crippen LogP contribution in [0.15, 0.2) is 23.2 Å². The molecule has 0 amide bonds. The number of hydrogen-bond donors (Lipinski definition) is 0. The van der Waals surface area contributed by atoms with Gasteiger partial charge in [-0.2, -0.15) is 0 Å². The van der Waals surface area contributed by atoms with Crippen molar-refractivity contribution in [3.05, 3.63) is 34.4 Å². The Kier molecular flexibility index (Phi) is 1.91. The molecule has 0 aliphatic heterocycles. The molecule has 2 aromatic rings. The number of aromatic nitrogens is 2. The molecule has 62 valence electrons. The Hall–Kier alpha value is -1.16. The molecule has 0 N–H and O–H groups in total. The smallest absolute Gasteiger partial charge is 0.180 e. The van der Waals surface area contributed by atoms with Gasteiger partial charge in [0, 0.05) is 11.1 Å². The molecule has 0 aliphatic rings. The van der Waals surface area contributed by atoms with Gasteiger partial charge in [-0.25, -0.2) is 9.97 Å². The van der Waals surface area contributed by atoms with Crippen molar-refractivity contribution in [2.45, 2.75) is 13.3 Å². The minimum Gasteiger partial charge on any atom is -0.448 e. The number of hydrogen-bond acceptors (Lipinski definition) is 4. The summed E-state index contributed by atoms with van der Waals surface area (Å²) in [5.41, 5.74) is 0. The predicted octanol–water partition coefficient (Wildman–Crippen LogP) is 2.03. The van der Waals surface area contributed by atoms with E-state index in [0.29, 0.717) is 0 Å². The largest absolute Gasteiger partial charge is 0.448 e. The van der Waals surface area contributed by atoms with E-state index in [4.69, 9.17) is 4.42 Å². The van der Waals surface area contributed by atoms with Crippen molar-refractivity contribution in [1.82, 2.24) is 9.97 Å². The van der Waals surface area contributed by atoms with Crippen molar-refractivity contribution in [2.24, 2.45) is 0 Å². The van der Waals surface area contributed by atoms with Crippen molar-refractivity contribution in [3.8, 4) is 0 Å². The van der Waals surface area contributed by atoms with Crippen LogP contribution < -0.4 is 0 Å². The molecule has 3 nitrogen and oxygen atoms in total. The van der Waals surface area contributed by atoms with Gasteiger partial charge in [-0.3, -0.25) is 0 Å². The second-order valence-electron chi connectivity index (χ2n) is 2.51. The average molecular weight is 180 g/mol. The number of thiazole rings is 1. The quantitative estimate of drug-likeness (QED) is 0.709. The third-order valence-corrected chi connectivity index (χ3v) is 2.39. The minimum absolute atomic E-state index is 0.749. The molecule has 12 heavy (non-hydrogen) atoms. The number of aryl methyl sites for hydroxylation is 1.